The summed E-state index contributed by atoms with van der Waals surface area (Å²) in [6.07, 6.45) is 5.66. The van der Waals surface area contributed by atoms with Crippen molar-refractivity contribution in [3.8, 4) is 0 Å². The maximum atomic E-state index is 3.75. The summed E-state index contributed by atoms with van der Waals surface area (Å²) in [5.41, 5.74) is 0.380. The summed E-state index contributed by atoms with van der Waals surface area (Å²) in [4.78, 5) is 2.53. The van der Waals surface area contributed by atoms with Crippen LogP contribution in [0.1, 0.15) is 26.2 Å². The second-order valence-corrected chi connectivity index (χ2v) is 4.23. The van der Waals surface area contributed by atoms with Crippen LogP contribution in [0.3, 0.4) is 0 Å². The minimum Gasteiger partial charge on any atom is -0.314 e. The van der Waals surface area contributed by atoms with E-state index >= 15 is 0 Å². The van der Waals surface area contributed by atoms with Gasteiger partial charge in [0.25, 0.3) is 0 Å². The van der Waals surface area contributed by atoms with Crippen molar-refractivity contribution in [3.05, 3.63) is 12.7 Å². The predicted octanol–water partition coefficient (Wildman–Crippen LogP) is 1.64. The molecule has 1 heterocycles. The lowest BCUT2D eigenvalue weighted by Crippen LogP contribution is -2.50. The van der Waals surface area contributed by atoms with Gasteiger partial charge in [-0.2, -0.15) is 0 Å². The molecule has 1 aliphatic heterocycles. The van der Waals surface area contributed by atoms with Gasteiger partial charge >= 0.3 is 0 Å². The summed E-state index contributed by atoms with van der Waals surface area (Å²) >= 11 is 0. The van der Waals surface area contributed by atoms with Crippen molar-refractivity contribution in [1.29, 1.82) is 0 Å². The van der Waals surface area contributed by atoms with Crippen LogP contribution in [0.5, 0.6) is 0 Å². The third-order valence-corrected chi connectivity index (χ3v) is 3.21. The van der Waals surface area contributed by atoms with E-state index in [9.17, 15) is 0 Å². The summed E-state index contributed by atoms with van der Waals surface area (Å²) in [6, 6.07) is 0. The fourth-order valence-corrected chi connectivity index (χ4v) is 1.79. The normalized spacial score (nSPS) is 22.9. The van der Waals surface area contributed by atoms with Gasteiger partial charge in [-0.25, -0.2) is 0 Å². The maximum Gasteiger partial charge on any atom is 0.0174 e. The van der Waals surface area contributed by atoms with Crippen LogP contribution in [0.15, 0.2) is 12.7 Å². The van der Waals surface area contributed by atoms with E-state index in [1.807, 2.05) is 6.08 Å². The Hall–Kier alpha value is -0.340. The Bertz CT molecular complexity index is 157. The molecule has 0 aromatic heterocycles. The zero-order chi connectivity index (χ0) is 9.73. The van der Waals surface area contributed by atoms with E-state index in [-0.39, 0.29) is 0 Å². The van der Waals surface area contributed by atoms with Gasteiger partial charge < -0.3 is 10.2 Å². The third kappa shape index (κ3) is 3.12. The number of rotatable bonds is 4. The average Bonchev–Trinajstić information content (AvgIpc) is 2.17. The lowest BCUT2D eigenvalue weighted by molar-refractivity contribution is 0.154. The molecule has 0 bridgehead atoms. The van der Waals surface area contributed by atoms with Gasteiger partial charge in [0, 0.05) is 12.1 Å². The van der Waals surface area contributed by atoms with Crippen molar-refractivity contribution in [2.75, 3.05) is 26.7 Å². The van der Waals surface area contributed by atoms with Gasteiger partial charge in [0.05, 0.1) is 0 Å². The highest BCUT2D eigenvalue weighted by atomic mass is 15.1. The van der Waals surface area contributed by atoms with Gasteiger partial charge in [0.15, 0.2) is 0 Å². The Morgan fingerprint density at radius 3 is 2.54 bits per heavy atom. The number of hydrogen-bond acceptors (Lipinski definition) is 2. The van der Waals surface area contributed by atoms with Crippen LogP contribution in [0.4, 0.5) is 0 Å². The first-order valence-electron chi connectivity index (χ1n) is 5.22. The molecule has 0 aromatic carbocycles. The molecule has 13 heavy (non-hydrogen) atoms. The summed E-state index contributed by atoms with van der Waals surface area (Å²) in [6.45, 7) is 9.71. The van der Waals surface area contributed by atoms with Crippen LogP contribution in [0.25, 0.3) is 0 Å². The first-order valence-corrected chi connectivity index (χ1v) is 5.22. The van der Waals surface area contributed by atoms with Gasteiger partial charge in [-0.05, 0) is 46.3 Å². The van der Waals surface area contributed by atoms with Crippen LogP contribution >= 0.6 is 0 Å². The number of likely N-dealkylation sites (tertiary alicyclic amines) is 1. The predicted molar refractivity (Wildman–Crippen MR) is 58.0 cm³/mol. The van der Waals surface area contributed by atoms with Gasteiger partial charge in [0.1, 0.15) is 0 Å². The van der Waals surface area contributed by atoms with E-state index < -0.39 is 0 Å². The van der Waals surface area contributed by atoms with E-state index in [1.165, 1.54) is 32.5 Å². The van der Waals surface area contributed by atoms with Crippen molar-refractivity contribution in [1.82, 2.24) is 10.2 Å². The quantitative estimate of drug-likeness (QED) is 0.665. The van der Waals surface area contributed by atoms with E-state index in [4.69, 9.17) is 0 Å². The van der Waals surface area contributed by atoms with Crippen molar-refractivity contribution >= 4 is 0 Å². The molecule has 0 saturated carbocycles. The molecule has 0 radical (unpaired) electrons. The van der Waals surface area contributed by atoms with Gasteiger partial charge in [-0.15, -0.1) is 6.58 Å². The molecule has 1 aliphatic rings. The van der Waals surface area contributed by atoms with Crippen LogP contribution in [-0.4, -0.2) is 37.1 Å². The topological polar surface area (TPSA) is 15.3 Å². The molecule has 0 amide bonds. The summed E-state index contributed by atoms with van der Waals surface area (Å²) in [5.74, 6) is 0. The van der Waals surface area contributed by atoms with Gasteiger partial charge in [0.2, 0.25) is 0 Å². The zero-order valence-electron chi connectivity index (χ0n) is 8.97. The Morgan fingerprint density at radius 2 is 2.08 bits per heavy atom. The van der Waals surface area contributed by atoms with E-state index in [2.05, 4.69) is 30.8 Å². The first kappa shape index (κ1) is 10.7. The lowest BCUT2D eigenvalue weighted by atomic mass is 9.90. The second kappa shape index (κ2) is 4.77. The number of nitrogens with zero attached hydrogens (tertiary/aromatic N) is 1. The van der Waals surface area contributed by atoms with E-state index in [0.717, 1.165) is 6.42 Å². The van der Waals surface area contributed by atoms with Crippen LogP contribution in [0.2, 0.25) is 0 Å². The Labute approximate surface area is 82.0 Å². The zero-order valence-corrected chi connectivity index (χ0v) is 8.97. The standard InChI is InChI=1S/C11H22N2/c1-4-5-8-13-9-6-11(2,12-3)7-10-13/h4,12H,1,5-10H2,2-3H3. The smallest absolute Gasteiger partial charge is 0.0174 e. The number of piperidine rings is 1. The van der Waals surface area contributed by atoms with Crippen LogP contribution in [0, 0.1) is 0 Å². The fraction of sp³-hybridized carbons (Fsp3) is 0.818. The van der Waals surface area contributed by atoms with Crippen molar-refractivity contribution < 1.29 is 0 Å². The molecule has 2 nitrogen and oxygen atoms in total. The summed E-state index contributed by atoms with van der Waals surface area (Å²) < 4.78 is 0. The molecule has 1 saturated heterocycles. The van der Waals surface area contributed by atoms with Crippen LogP contribution < -0.4 is 5.32 Å². The minimum atomic E-state index is 0.380. The van der Waals surface area contributed by atoms with E-state index in [1.54, 1.807) is 0 Å². The van der Waals surface area contributed by atoms with Gasteiger partial charge in [-0.3, -0.25) is 0 Å². The Balaban J connectivity index is 2.26. The Kier molecular flexibility index (Phi) is 3.94. The highest BCUT2D eigenvalue weighted by Crippen LogP contribution is 2.20. The molecule has 2 heteroatoms. The summed E-state index contributed by atoms with van der Waals surface area (Å²) in [7, 11) is 2.07. The highest BCUT2D eigenvalue weighted by molar-refractivity contribution is 4.88. The molecule has 1 fully saturated rings. The molecule has 0 spiro atoms. The molecule has 76 valence electrons. The minimum absolute atomic E-state index is 0.380. The number of hydrogen-bond donors (Lipinski definition) is 1. The Morgan fingerprint density at radius 1 is 1.46 bits per heavy atom. The molecular weight excluding hydrogens is 160 g/mol. The maximum absolute atomic E-state index is 3.75. The van der Waals surface area contributed by atoms with Crippen molar-refractivity contribution in [2.24, 2.45) is 0 Å². The van der Waals surface area contributed by atoms with Crippen LogP contribution in [-0.2, 0) is 0 Å². The molecule has 0 atom stereocenters. The number of nitrogens with one attached hydrogen (secondary N) is 1. The second-order valence-electron chi connectivity index (χ2n) is 4.23. The monoisotopic (exact) mass is 182 g/mol. The van der Waals surface area contributed by atoms with Crippen molar-refractivity contribution in [2.45, 2.75) is 31.7 Å². The molecular formula is C11H22N2. The fourth-order valence-electron chi connectivity index (χ4n) is 1.79. The molecule has 0 aromatic rings. The SMILES string of the molecule is C=CCCN1CCC(C)(NC)CC1. The summed E-state index contributed by atoms with van der Waals surface area (Å²) in [5, 5.41) is 3.41. The van der Waals surface area contributed by atoms with Crippen molar-refractivity contribution in [3.63, 3.8) is 0 Å². The third-order valence-electron chi connectivity index (χ3n) is 3.21. The molecule has 0 unspecified atom stereocenters. The average molecular weight is 182 g/mol. The highest BCUT2D eigenvalue weighted by Gasteiger charge is 2.27. The lowest BCUT2D eigenvalue weighted by Gasteiger charge is -2.39. The van der Waals surface area contributed by atoms with E-state index in [0.29, 0.717) is 5.54 Å². The molecule has 1 N–H and O–H groups in total. The molecule has 0 aliphatic carbocycles. The van der Waals surface area contributed by atoms with Gasteiger partial charge in [-0.1, -0.05) is 6.08 Å². The first-order chi connectivity index (χ1) is 6.20. The largest absolute Gasteiger partial charge is 0.314 e. The molecule has 1 rings (SSSR count).